The third-order valence-corrected chi connectivity index (χ3v) is 5.48. The molecule has 0 aliphatic carbocycles. The first kappa shape index (κ1) is 22.4. The van der Waals surface area contributed by atoms with E-state index in [1.807, 2.05) is 0 Å². The molecule has 0 unspecified atom stereocenters. The summed E-state index contributed by atoms with van der Waals surface area (Å²) in [5, 5.41) is 0. The van der Waals surface area contributed by atoms with Crippen LogP contribution < -0.4 is 4.72 Å². The summed E-state index contributed by atoms with van der Waals surface area (Å²) in [5.74, 6) is -11.7. The summed E-state index contributed by atoms with van der Waals surface area (Å²) in [7, 11) is -3.94. The number of ether oxygens (including phenoxy) is 1. The minimum atomic E-state index is -3.94. The molecule has 6 nitrogen and oxygen atoms in total. The number of esters is 1. The van der Waals surface area contributed by atoms with Crippen LogP contribution in [0, 0.1) is 29.1 Å². The molecular weight excluding hydrogens is 449 g/mol. The molecule has 164 valence electrons. The summed E-state index contributed by atoms with van der Waals surface area (Å²) in [6, 6.07) is 7.40. The maximum absolute atomic E-state index is 13.6. The molecule has 0 spiro atoms. The van der Waals surface area contributed by atoms with Gasteiger partial charge in [-0.05, 0) is 36.4 Å². The van der Waals surface area contributed by atoms with Crippen molar-refractivity contribution in [2.75, 3.05) is 0 Å². The number of carbonyl (C=O) groups excluding carboxylic acids is 1. The van der Waals surface area contributed by atoms with Gasteiger partial charge >= 0.3 is 5.97 Å². The first-order chi connectivity index (χ1) is 14.6. The summed E-state index contributed by atoms with van der Waals surface area (Å²) in [5.41, 5.74) is -1.53. The highest BCUT2D eigenvalue weighted by atomic mass is 32.2. The largest absolute Gasteiger partial charge is 0.468 e. The van der Waals surface area contributed by atoms with Crippen molar-refractivity contribution in [3.05, 3.63) is 88.6 Å². The van der Waals surface area contributed by atoms with E-state index >= 15 is 0 Å². The van der Waals surface area contributed by atoms with Gasteiger partial charge in [-0.1, -0.05) is 0 Å². The van der Waals surface area contributed by atoms with Gasteiger partial charge in [-0.15, -0.1) is 0 Å². The fraction of sp³-hybridized carbons (Fsp3) is 0.105. The minimum absolute atomic E-state index is 0.110. The number of halogens is 5. The number of benzene rings is 2. The molecule has 31 heavy (non-hydrogen) atoms. The molecule has 12 heteroatoms. The fourth-order valence-corrected chi connectivity index (χ4v) is 3.42. The zero-order valence-corrected chi connectivity index (χ0v) is 16.1. The van der Waals surface area contributed by atoms with Gasteiger partial charge in [0.15, 0.2) is 23.3 Å². The van der Waals surface area contributed by atoms with E-state index in [0.29, 0.717) is 5.76 Å². The predicted octanol–water partition coefficient (Wildman–Crippen LogP) is 3.81. The smallest absolute Gasteiger partial charge is 0.338 e. The zero-order valence-electron chi connectivity index (χ0n) is 15.3. The lowest BCUT2D eigenvalue weighted by Gasteiger charge is -2.10. The molecule has 0 bridgehead atoms. The Morgan fingerprint density at radius 2 is 1.48 bits per heavy atom. The van der Waals surface area contributed by atoms with Crippen LogP contribution in [0.25, 0.3) is 0 Å². The molecule has 3 aromatic rings. The van der Waals surface area contributed by atoms with Crippen molar-refractivity contribution in [1.29, 1.82) is 0 Å². The second-order valence-corrected chi connectivity index (χ2v) is 7.82. The van der Waals surface area contributed by atoms with E-state index in [9.17, 15) is 35.2 Å². The Morgan fingerprint density at radius 3 is 2.03 bits per heavy atom. The topological polar surface area (TPSA) is 85.6 Å². The number of sulfonamides is 1. The van der Waals surface area contributed by atoms with Crippen molar-refractivity contribution in [1.82, 2.24) is 4.72 Å². The van der Waals surface area contributed by atoms with Crippen molar-refractivity contribution in [3.63, 3.8) is 0 Å². The Morgan fingerprint density at radius 1 is 0.903 bits per heavy atom. The van der Waals surface area contributed by atoms with Crippen LogP contribution in [-0.4, -0.2) is 14.4 Å². The normalized spacial score (nSPS) is 11.5. The molecule has 2 aromatic carbocycles. The number of hydrogen-bond acceptors (Lipinski definition) is 5. The van der Waals surface area contributed by atoms with E-state index < -0.39 is 57.2 Å². The highest BCUT2D eigenvalue weighted by Gasteiger charge is 2.26. The predicted molar refractivity (Wildman–Crippen MR) is 94.5 cm³/mol. The second-order valence-electron chi connectivity index (χ2n) is 6.05. The van der Waals surface area contributed by atoms with Gasteiger partial charge in [0.2, 0.25) is 15.8 Å². The standard InChI is InChI=1S/C19H12F5NO5S/c20-14-13(15(21)17(23)18(24)16(14)22)9-30-19(26)10-3-5-12(6-4-10)31(27,28)25-8-11-2-1-7-29-11/h1-7,25H,8-9H2. The van der Waals surface area contributed by atoms with E-state index in [0.717, 1.165) is 24.3 Å². The minimum Gasteiger partial charge on any atom is -0.468 e. The van der Waals surface area contributed by atoms with Crippen LogP contribution in [-0.2, 0) is 27.9 Å². The summed E-state index contributed by atoms with van der Waals surface area (Å²) in [6.07, 6.45) is 1.37. The van der Waals surface area contributed by atoms with Crippen LogP contribution in [0.2, 0.25) is 0 Å². The Kier molecular flexibility index (Phi) is 6.41. The lowest BCUT2D eigenvalue weighted by molar-refractivity contribution is 0.0462. The molecule has 1 N–H and O–H groups in total. The molecule has 0 amide bonds. The summed E-state index contributed by atoms with van der Waals surface area (Å²) >= 11 is 0. The van der Waals surface area contributed by atoms with Crippen molar-refractivity contribution in [2.24, 2.45) is 0 Å². The highest BCUT2D eigenvalue weighted by Crippen LogP contribution is 2.24. The van der Waals surface area contributed by atoms with E-state index in [2.05, 4.69) is 9.46 Å². The average Bonchev–Trinajstić information content (AvgIpc) is 3.29. The second kappa shape index (κ2) is 8.86. The van der Waals surface area contributed by atoms with E-state index in [1.165, 1.54) is 6.26 Å². The molecule has 0 aliphatic heterocycles. The summed E-state index contributed by atoms with van der Waals surface area (Å²) < 4.78 is 103. The third kappa shape index (κ3) is 4.75. The lowest BCUT2D eigenvalue weighted by atomic mass is 10.2. The van der Waals surface area contributed by atoms with Gasteiger partial charge in [-0.2, -0.15) is 0 Å². The van der Waals surface area contributed by atoms with Crippen molar-refractivity contribution < 1.29 is 44.3 Å². The van der Waals surface area contributed by atoms with Crippen LogP contribution in [0.4, 0.5) is 22.0 Å². The molecule has 0 saturated carbocycles. The van der Waals surface area contributed by atoms with Gasteiger partial charge in [0.1, 0.15) is 12.4 Å². The molecule has 3 rings (SSSR count). The molecule has 0 saturated heterocycles. The van der Waals surface area contributed by atoms with Gasteiger partial charge in [-0.3, -0.25) is 0 Å². The van der Waals surface area contributed by atoms with Crippen LogP contribution in [0.15, 0.2) is 52.0 Å². The maximum Gasteiger partial charge on any atom is 0.338 e. The lowest BCUT2D eigenvalue weighted by Crippen LogP contribution is -2.23. The Bertz CT molecular complexity index is 1180. The van der Waals surface area contributed by atoms with Crippen LogP contribution >= 0.6 is 0 Å². The zero-order chi connectivity index (χ0) is 22.8. The quantitative estimate of drug-likeness (QED) is 0.250. The van der Waals surface area contributed by atoms with E-state index in [4.69, 9.17) is 4.42 Å². The van der Waals surface area contributed by atoms with Gasteiger partial charge < -0.3 is 9.15 Å². The molecule has 0 atom stereocenters. The molecular formula is C19H12F5NO5S. The van der Waals surface area contributed by atoms with Gasteiger partial charge in [-0.25, -0.2) is 39.9 Å². The Labute approximate surface area is 172 Å². The number of furan rings is 1. The number of rotatable bonds is 7. The van der Waals surface area contributed by atoms with Crippen molar-refractivity contribution in [2.45, 2.75) is 18.0 Å². The Balaban J connectivity index is 1.69. The van der Waals surface area contributed by atoms with Crippen LogP contribution in [0.1, 0.15) is 21.7 Å². The average molecular weight is 461 g/mol. The molecule has 1 aromatic heterocycles. The molecule has 0 fully saturated rings. The summed E-state index contributed by atoms with van der Waals surface area (Å²) in [6.45, 7) is -1.34. The van der Waals surface area contributed by atoms with Gasteiger partial charge in [0, 0.05) is 0 Å². The van der Waals surface area contributed by atoms with Crippen molar-refractivity contribution >= 4 is 16.0 Å². The van der Waals surface area contributed by atoms with Crippen LogP contribution in [0.3, 0.4) is 0 Å². The fourth-order valence-electron chi connectivity index (χ4n) is 2.43. The Hall–Kier alpha value is -3.25. The highest BCUT2D eigenvalue weighted by molar-refractivity contribution is 7.89. The van der Waals surface area contributed by atoms with E-state index in [1.54, 1.807) is 12.1 Å². The SMILES string of the molecule is O=C(OCc1c(F)c(F)c(F)c(F)c1F)c1ccc(S(=O)(=O)NCc2ccco2)cc1. The van der Waals surface area contributed by atoms with Gasteiger partial charge in [0.05, 0.1) is 28.8 Å². The number of carbonyl (C=O) groups is 1. The van der Waals surface area contributed by atoms with Gasteiger partial charge in [0.25, 0.3) is 0 Å². The maximum atomic E-state index is 13.6. The first-order valence-electron chi connectivity index (χ1n) is 8.41. The van der Waals surface area contributed by atoms with Crippen molar-refractivity contribution in [3.8, 4) is 0 Å². The van der Waals surface area contributed by atoms with Crippen LogP contribution in [0.5, 0.6) is 0 Å². The number of hydrogen-bond donors (Lipinski definition) is 1. The monoisotopic (exact) mass is 461 g/mol. The molecule has 0 aliphatic rings. The first-order valence-corrected chi connectivity index (χ1v) is 9.89. The number of nitrogens with one attached hydrogen (secondary N) is 1. The third-order valence-electron chi connectivity index (χ3n) is 4.07. The summed E-state index contributed by atoms with van der Waals surface area (Å²) in [4.78, 5) is 11.8. The molecule has 0 radical (unpaired) electrons. The van der Waals surface area contributed by atoms with E-state index in [-0.39, 0.29) is 17.0 Å². The molecule has 1 heterocycles.